The van der Waals surface area contributed by atoms with E-state index in [2.05, 4.69) is 18.7 Å². The van der Waals surface area contributed by atoms with Crippen LogP contribution >= 0.6 is 0 Å². The fraction of sp³-hybridized carbons (Fsp3) is 0.571. The number of rotatable bonds is 3. The smallest absolute Gasteiger partial charge is 0.269 e. The predicted molar refractivity (Wildman–Crippen MR) is 71.3 cm³/mol. The second-order valence-electron chi connectivity index (χ2n) is 5.56. The molecule has 18 heavy (non-hydrogen) atoms. The molecule has 1 aromatic carbocycles. The molecule has 0 N–H and O–H groups in total. The first kappa shape index (κ1) is 13.0. The molecule has 4 heteroatoms. The van der Waals surface area contributed by atoms with Gasteiger partial charge in [-0.3, -0.25) is 15.0 Å². The lowest BCUT2D eigenvalue weighted by Gasteiger charge is -2.34. The van der Waals surface area contributed by atoms with Gasteiger partial charge in [0.25, 0.3) is 5.69 Å². The van der Waals surface area contributed by atoms with Gasteiger partial charge in [0.05, 0.1) is 4.92 Å². The van der Waals surface area contributed by atoms with Gasteiger partial charge in [-0.15, -0.1) is 0 Å². The summed E-state index contributed by atoms with van der Waals surface area (Å²) in [5, 5.41) is 10.6. The molecule has 0 saturated carbocycles. The lowest BCUT2D eigenvalue weighted by atomic mass is 9.91. The van der Waals surface area contributed by atoms with Crippen LogP contribution in [-0.4, -0.2) is 22.9 Å². The van der Waals surface area contributed by atoms with Gasteiger partial charge in [-0.25, -0.2) is 0 Å². The number of non-ortho nitro benzene ring substituents is 1. The Bertz CT molecular complexity index is 406. The fourth-order valence-electron chi connectivity index (χ4n) is 2.90. The Balaban J connectivity index is 1.98. The molecule has 0 aliphatic carbocycles. The highest BCUT2D eigenvalue weighted by molar-refractivity contribution is 5.32. The van der Waals surface area contributed by atoms with Crippen molar-refractivity contribution in [2.75, 3.05) is 13.1 Å². The van der Waals surface area contributed by atoms with E-state index in [1.54, 1.807) is 12.1 Å². The van der Waals surface area contributed by atoms with Gasteiger partial charge < -0.3 is 0 Å². The maximum Gasteiger partial charge on any atom is 0.269 e. The van der Waals surface area contributed by atoms with Crippen LogP contribution in [0.2, 0.25) is 0 Å². The van der Waals surface area contributed by atoms with Crippen molar-refractivity contribution in [1.82, 2.24) is 4.90 Å². The Morgan fingerprint density at radius 1 is 1.22 bits per heavy atom. The zero-order chi connectivity index (χ0) is 13.1. The number of hydrogen-bond acceptors (Lipinski definition) is 3. The molecular formula is C14H20N2O2. The van der Waals surface area contributed by atoms with Crippen LogP contribution in [0.3, 0.4) is 0 Å². The van der Waals surface area contributed by atoms with Crippen LogP contribution in [0.5, 0.6) is 0 Å². The minimum Gasteiger partial charge on any atom is -0.299 e. The molecule has 1 saturated heterocycles. The van der Waals surface area contributed by atoms with Crippen LogP contribution in [0.25, 0.3) is 0 Å². The third-order valence-corrected chi connectivity index (χ3v) is 3.50. The minimum absolute atomic E-state index is 0.166. The predicted octanol–water partition coefficient (Wildman–Crippen LogP) is 3.07. The Morgan fingerprint density at radius 3 is 2.28 bits per heavy atom. The number of piperidine rings is 1. The van der Waals surface area contributed by atoms with E-state index in [1.807, 2.05) is 12.1 Å². The van der Waals surface area contributed by atoms with Gasteiger partial charge >= 0.3 is 0 Å². The van der Waals surface area contributed by atoms with E-state index in [0.717, 1.165) is 37.0 Å². The summed E-state index contributed by atoms with van der Waals surface area (Å²) in [5.74, 6) is 1.48. The van der Waals surface area contributed by atoms with Crippen molar-refractivity contribution in [3.05, 3.63) is 39.9 Å². The molecule has 0 bridgehead atoms. The van der Waals surface area contributed by atoms with E-state index in [4.69, 9.17) is 0 Å². The first-order chi connectivity index (χ1) is 8.54. The second-order valence-corrected chi connectivity index (χ2v) is 5.56. The van der Waals surface area contributed by atoms with E-state index in [1.165, 1.54) is 6.42 Å². The average molecular weight is 248 g/mol. The molecule has 1 aliphatic rings. The van der Waals surface area contributed by atoms with Gasteiger partial charge in [0.15, 0.2) is 0 Å². The highest BCUT2D eigenvalue weighted by atomic mass is 16.6. The fourth-order valence-corrected chi connectivity index (χ4v) is 2.90. The van der Waals surface area contributed by atoms with Crippen molar-refractivity contribution >= 4 is 5.69 Å². The van der Waals surface area contributed by atoms with Crippen LogP contribution in [0.1, 0.15) is 25.8 Å². The summed E-state index contributed by atoms with van der Waals surface area (Å²) < 4.78 is 0. The Labute approximate surface area is 108 Å². The second kappa shape index (κ2) is 5.48. The largest absolute Gasteiger partial charge is 0.299 e. The Kier molecular flexibility index (Phi) is 3.97. The van der Waals surface area contributed by atoms with Crippen LogP contribution < -0.4 is 0 Å². The van der Waals surface area contributed by atoms with Crippen LogP contribution in [-0.2, 0) is 6.54 Å². The Hall–Kier alpha value is -1.42. The maximum atomic E-state index is 10.6. The molecular weight excluding hydrogens is 228 g/mol. The lowest BCUT2D eigenvalue weighted by molar-refractivity contribution is -0.384. The summed E-state index contributed by atoms with van der Waals surface area (Å²) in [6.07, 6.45) is 1.30. The molecule has 0 aromatic heterocycles. The summed E-state index contributed by atoms with van der Waals surface area (Å²) in [4.78, 5) is 12.7. The molecule has 1 heterocycles. The molecule has 2 atom stereocenters. The van der Waals surface area contributed by atoms with Gasteiger partial charge in [-0.1, -0.05) is 26.0 Å². The molecule has 1 aromatic rings. The quantitative estimate of drug-likeness (QED) is 0.610. The highest BCUT2D eigenvalue weighted by Crippen LogP contribution is 2.23. The molecule has 0 amide bonds. The summed E-state index contributed by atoms with van der Waals surface area (Å²) in [6, 6.07) is 6.91. The van der Waals surface area contributed by atoms with E-state index in [9.17, 15) is 10.1 Å². The number of benzene rings is 1. The zero-order valence-corrected chi connectivity index (χ0v) is 11.0. The number of likely N-dealkylation sites (tertiary alicyclic amines) is 1. The molecule has 0 radical (unpaired) electrons. The van der Waals surface area contributed by atoms with Crippen LogP contribution in [0.4, 0.5) is 5.69 Å². The van der Waals surface area contributed by atoms with Gasteiger partial charge in [-0.2, -0.15) is 0 Å². The van der Waals surface area contributed by atoms with Crippen LogP contribution in [0, 0.1) is 22.0 Å². The van der Waals surface area contributed by atoms with Gasteiger partial charge in [0, 0.05) is 31.8 Å². The van der Waals surface area contributed by atoms with Crippen molar-refractivity contribution in [2.45, 2.75) is 26.8 Å². The molecule has 2 unspecified atom stereocenters. The monoisotopic (exact) mass is 248 g/mol. The van der Waals surface area contributed by atoms with Crippen LogP contribution in [0.15, 0.2) is 24.3 Å². The summed E-state index contributed by atoms with van der Waals surface area (Å²) >= 11 is 0. The SMILES string of the molecule is CC1CC(C)CN(Cc2ccc([N+](=O)[O-])cc2)C1. The normalized spacial score (nSPS) is 25.0. The first-order valence-corrected chi connectivity index (χ1v) is 6.50. The van der Waals surface area contributed by atoms with Crippen molar-refractivity contribution in [3.63, 3.8) is 0 Å². The van der Waals surface area contributed by atoms with Gasteiger partial charge in [-0.05, 0) is 23.8 Å². The van der Waals surface area contributed by atoms with Crippen molar-refractivity contribution in [3.8, 4) is 0 Å². The van der Waals surface area contributed by atoms with Crippen molar-refractivity contribution in [1.29, 1.82) is 0 Å². The maximum absolute atomic E-state index is 10.6. The summed E-state index contributed by atoms with van der Waals surface area (Å²) in [5.41, 5.74) is 1.32. The molecule has 0 spiro atoms. The highest BCUT2D eigenvalue weighted by Gasteiger charge is 2.21. The van der Waals surface area contributed by atoms with E-state index < -0.39 is 0 Å². The first-order valence-electron chi connectivity index (χ1n) is 6.50. The van der Waals surface area contributed by atoms with Crippen molar-refractivity contribution < 1.29 is 4.92 Å². The van der Waals surface area contributed by atoms with E-state index >= 15 is 0 Å². The number of hydrogen-bond donors (Lipinski definition) is 0. The zero-order valence-electron chi connectivity index (χ0n) is 11.0. The molecule has 1 aliphatic heterocycles. The molecule has 98 valence electrons. The number of nitro groups is 1. The topological polar surface area (TPSA) is 46.4 Å². The average Bonchev–Trinajstić information content (AvgIpc) is 2.28. The minimum atomic E-state index is -0.352. The third kappa shape index (κ3) is 3.29. The van der Waals surface area contributed by atoms with E-state index in [0.29, 0.717) is 0 Å². The number of nitrogens with zero attached hydrogens (tertiary/aromatic N) is 2. The summed E-state index contributed by atoms with van der Waals surface area (Å²) in [7, 11) is 0. The lowest BCUT2D eigenvalue weighted by Crippen LogP contribution is -2.38. The molecule has 4 nitrogen and oxygen atoms in total. The number of nitro benzene ring substituents is 1. The van der Waals surface area contributed by atoms with Gasteiger partial charge in [0.2, 0.25) is 0 Å². The molecule has 2 rings (SSSR count). The van der Waals surface area contributed by atoms with E-state index in [-0.39, 0.29) is 10.6 Å². The van der Waals surface area contributed by atoms with Gasteiger partial charge in [0.1, 0.15) is 0 Å². The summed E-state index contributed by atoms with van der Waals surface area (Å²) in [6.45, 7) is 7.73. The Morgan fingerprint density at radius 2 is 1.78 bits per heavy atom. The third-order valence-electron chi connectivity index (χ3n) is 3.50. The van der Waals surface area contributed by atoms with Crippen molar-refractivity contribution in [2.24, 2.45) is 11.8 Å². The standard InChI is InChI=1S/C14H20N2O2/c1-11-7-12(2)9-15(8-11)10-13-3-5-14(6-4-13)16(17)18/h3-6,11-12H,7-10H2,1-2H3. The molecule has 1 fully saturated rings.